The monoisotopic (exact) mass is 200 g/mol. The maximum absolute atomic E-state index is 6.10. The maximum atomic E-state index is 6.10. The van der Waals surface area contributed by atoms with E-state index in [0.29, 0.717) is 5.92 Å². The average Bonchev–Trinajstić information content (AvgIpc) is 1.81. The molecule has 1 unspecified atom stereocenters. The van der Waals surface area contributed by atoms with Crippen LogP contribution in [0.15, 0.2) is 0 Å². The summed E-state index contributed by atoms with van der Waals surface area (Å²) in [7, 11) is 0. The van der Waals surface area contributed by atoms with Gasteiger partial charge in [0.2, 0.25) is 0 Å². The second kappa shape index (κ2) is 5.55. The molecule has 0 nitrogen and oxygen atoms in total. The van der Waals surface area contributed by atoms with Crippen molar-refractivity contribution in [2.45, 2.75) is 52.8 Å². The standard InChI is InChI=1S/C12H21Cl/c1-10(2)9-11(13)7-6-8-12(3,4)5/h10-11H,7,9H2,1-5H3. The molecule has 13 heavy (non-hydrogen) atoms. The number of halogens is 1. The lowest BCUT2D eigenvalue weighted by atomic mass is 9.97. The number of hydrogen-bond acceptors (Lipinski definition) is 0. The molecule has 0 aromatic rings. The zero-order valence-electron chi connectivity index (χ0n) is 9.45. The maximum Gasteiger partial charge on any atom is 0.0447 e. The fourth-order valence-corrected chi connectivity index (χ4v) is 1.46. The first-order valence-electron chi connectivity index (χ1n) is 4.95. The van der Waals surface area contributed by atoms with E-state index in [0.717, 1.165) is 12.8 Å². The molecule has 0 heterocycles. The lowest BCUT2D eigenvalue weighted by molar-refractivity contribution is 0.561. The van der Waals surface area contributed by atoms with Crippen LogP contribution in [0, 0.1) is 23.2 Å². The van der Waals surface area contributed by atoms with Gasteiger partial charge < -0.3 is 0 Å². The molecule has 76 valence electrons. The van der Waals surface area contributed by atoms with Crippen molar-refractivity contribution < 1.29 is 0 Å². The van der Waals surface area contributed by atoms with E-state index in [1.807, 2.05) is 0 Å². The highest BCUT2D eigenvalue weighted by molar-refractivity contribution is 6.20. The van der Waals surface area contributed by atoms with Crippen LogP contribution in [0.4, 0.5) is 0 Å². The molecule has 0 rings (SSSR count). The number of rotatable bonds is 3. The van der Waals surface area contributed by atoms with Crippen LogP contribution in [0.25, 0.3) is 0 Å². The quantitative estimate of drug-likeness (QED) is 0.476. The van der Waals surface area contributed by atoms with Gasteiger partial charge in [-0.2, -0.15) is 0 Å². The van der Waals surface area contributed by atoms with E-state index in [-0.39, 0.29) is 10.8 Å². The zero-order valence-corrected chi connectivity index (χ0v) is 10.2. The lowest BCUT2D eigenvalue weighted by Gasteiger charge is -2.09. The smallest absolute Gasteiger partial charge is 0.0447 e. The summed E-state index contributed by atoms with van der Waals surface area (Å²) in [6.07, 6.45) is 1.87. The van der Waals surface area contributed by atoms with Gasteiger partial charge in [-0.1, -0.05) is 19.8 Å². The Hall–Kier alpha value is -0.150. The van der Waals surface area contributed by atoms with Crippen molar-refractivity contribution in [2.75, 3.05) is 0 Å². The summed E-state index contributed by atoms with van der Waals surface area (Å²) in [6, 6.07) is 0. The summed E-state index contributed by atoms with van der Waals surface area (Å²) in [5.41, 5.74) is 0.106. The van der Waals surface area contributed by atoms with Gasteiger partial charge in [0.1, 0.15) is 0 Å². The van der Waals surface area contributed by atoms with Crippen LogP contribution < -0.4 is 0 Å². The van der Waals surface area contributed by atoms with Gasteiger partial charge >= 0.3 is 0 Å². The summed E-state index contributed by atoms with van der Waals surface area (Å²) in [6.45, 7) is 10.7. The predicted molar refractivity (Wildman–Crippen MR) is 60.9 cm³/mol. The third kappa shape index (κ3) is 9.77. The first kappa shape index (κ1) is 12.8. The highest BCUT2D eigenvalue weighted by atomic mass is 35.5. The van der Waals surface area contributed by atoms with Gasteiger partial charge in [-0.3, -0.25) is 0 Å². The molecular formula is C12H21Cl. The topological polar surface area (TPSA) is 0 Å². The molecule has 0 saturated heterocycles. The molecule has 0 radical (unpaired) electrons. The Labute approximate surface area is 88.1 Å². The van der Waals surface area contributed by atoms with Gasteiger partial charge in [-0.25, -0.2) is 0 Å². The molecule has 0 aromatic carbocycles. The molecule has 0 amide bonds. The lowest BCUT2D eigenvalue weighted by Crippen LogP contribution is -2.03. The molecule has 0 N–H and O–H groups in total. The molecule has 0 spiro atoms. The zero-order chi connectivity index (χ0) is 10.5. The van der Waals surface area contributed by atoms with Crippen LogP contribution in [0.2, 0.25) is 0 Å². The first-order chi connectivity index (χ1) is 5.81. The van der Waals surface area contributed by atoms with E-state index in [2.05, 4.69) is 46.5 Å². The average molecular weight is 201 g/mol. The Morgan fingerprint density at radius 3 is 2.15 bits per heavy atom. The van der Waals surface area contributed by atoms with E-state index in [4.69, 9.17) is 11.6 Å². The van der Waals surface area contributed by atoms with Gasteiger partial charge in [-0.05, 0) is 33.1 Å². The van der Waals surface area contributed by atoms with Gasteiger partial charge in [0.05, 0.1) is 0 Å². The second-order valence-corrected chi connectivity index (χ2v) is 5.60. The van der Waals surface area contributed by atoms with Crippen LogP contribution in [0.5, 0.6) is 0 Å². The summed E-state index contributed by atoms with van der Waals surface area (Å²) in [5.74, 6) is 7.01. The van der Waals surface area contributed by atoms with Crippen LogP contribution >= 0.6 is 11.6 Å². The molecule has 0 fully saturated rings. The Bertz CT molecular complexity index is 187. The SMILES string of the molecule is CC(C)CC(Cl)CC#CC(C)(C)C. The fraction of sp³-hybridized carbons (Fsp3) is 0.833. The van der Waals surface area contributed by atoms with E-state index < -0.39 is 0 Å². The van der Waals surface area contributed by atoms with Crippen LogP contribution in [-0.2, 0) is 0 Å². The van der Waals surface area contributed by atoms with Crippen molar-refractivity contribution in [3.63, 3.8) is 0 Å². The molecule has 1 heteroatoms. The minimum Gasteiger partial charge on any atom is -0.122 e. The van der Waals surface area contributed by atoms with Crippen LogP contribution in [0.3, 0.4) is 0 Å². The van der Waals surface area contributed by atoms with Crippen molar-refractivity contribution in [3.8, 4) is 11.8 Å². The molecule has 0 aliphatic carbocycles. The Balaban J connectivity index is 3.80. The largest absolute Gasteiger partial charge is 0.122 e. The van der Waals surface area contributed by atoms with Crippen LogP contribution in [-0.4, -0.2) is 5.38 Å². The number of hydrogen-bond donors (Lipinski definition) is 0. The summed E-state index contributed by atoms with van der Waals surface area (Å²) < 4.78 is 0. The third-order valence-corrected chi connectivity index (χ3v) is 1.85. The molecule has 1 atom stereocenters. The normalized spacial score (nSPS) is 13.8. The van der Waals surface area contributed by atoms with Gasteiger partial charge in [0.25, 0.3) is 0 Å². The third-order valence-electron chi connectivity index (χ3n) is 1.51. The van der Waals surface area contributed by atoms with E-state index >= 15 is 0 Å². The summed E-state index contributed by atoms with van der Waals surface area (Å²) in [4.78, 5) is 0. The van der Waals surface area contributed by atoms with Crippen LogP contribution in [0.1, 0.15) is 47.5 Å². The van der Waals surface area contributed by atoms with Gasteiger partial charge in [-0.15, -0.1) is 17.5 Å². The molecule has 0 aromatic heterocycles. The molecule has 0 bridgehead atoms. The van der Waals surface area contributed by atoms with Crippen molar-refractivity contribution in [2.24, 2.45) is 11.3 Å². The summed E-state index contributed by atoms with van der Waals surface area (Å²) in [5, 5.41) is 0.217. The molecule has 0 aliphatic heterocycles. The van der Waals surface area contributed by atoms with E-state index in [1.54, 1.807) is 0 Å². The Kier molecular flexibility index (Phi) is 5.49. The molecule has 0 aliphatic rings. The van der Waals surface area contributed by atoms with Gasteiger partial charge in [0, 0.05) is 17.2 Å². The number of alkyl halides is 1. The van der Waals surface area contributed by atoms with Crippen molar-refractivity contribution in [3.05, 3.63) is 0 Å². The minimum absolute atomic E-state index is 0.106. The fourth-order valence-electron chi connectivity index (χ4n) is 1.02. The highest BCUT2D eigenvalue weighted by Crippen LogP contribution is 2.14. The van der Waals surface area contributed by atoms with E-state index in [9.17, 15) is 0 Å². The van der Waals surface area contributed by atoms with Crippen molar-refractivity contribution in [1.29, 1.82) is 0 Å². The Morgan fingerprint density at radius 1 is 1.23 bits per heavy atom. The summed E-state index contributed by atoms with van der Waals surface area (Å²) >= 11 is 6.10. The Morgan fingerprint density at radius 2 is 1.77 bits per heavy atom. The highest BCUT2D eigenvalue weighted by Gasteiger charge is 2.06. The predicted octanol–water partition coefficient (Wildman–Crippen LogP) is 4.08. The molecular weight excluding hydrogens is 180 g/mol. The molecule has 0 saturated carbocycles. The van der Waals surface area contributed by atoms with E-state index in [1.165, 1.54) is 0 Å². The minimum atomic E-state index is 0.106. The van der Waals surface area contributed by atoms with Gasteiger partial charge in [0.15, 0.2) is 0 Å². The van der Waals surface area contributed by atoms with Crippen molar-refractivity contribution in [1.82, 2.24) is 0 Å². The van der Waals surface area contributed by atoms with Crippen molar-refractivity contribution >= 4 is 11.6 Å². The second-order valence-electron chi connectivity index (χ2n) is 4.98. The first-order valence-corrected chi connectivity index (χ1v) is 5.39.